The summed E-state index contributed by atoms with van der Waals surface area (Å²) in [6, 6.07) is 3.88. The van der Waals surface area contributed by atoms with E-state index in [0.717, 1.165) is 43.4 Å². The number of hydrogen-bond acceptors (Lipinski definition) is 3. The Bertz CT molecular complexity index is 744. The van der Waals surface area contributed by atoms with E-state index >= 15 is 0 Å². The van der Waals surface area contributed by atoms with Gasteiger partial charge in [-0.2, -0.15) is 8.78 Å². The SMILES string of the molecule is CCCC(CCCCN1CCCC1)N(C(=O)c1ccc(C2N(C)C2(F)F)cc1)C1CC1. The lowest BCUT2D eigenvalue weighted by Gasteiger charge is -2.32. The van der Waals surface area contributed by atoms with Crippen LogP contribution in [0.1, 0.15) is 86.7 Å². The van der Waals surface area contributed by atoms with Crippen LogP contribution in [0, 0.1) is 0 Å². The number of likely N-dealkylation sites (N-methyl/N-ethyl adjacent to an activating group) is 1. The van der Waals surface area contributed by atoms with E-state index in [-0.39, 0.29) is 11.9 Å². The number of rotatable bonds is 11. The molecular weight excluding hydrogens is 396 g/mol. The Morgan fingerprint density at radius 1 is 1.13 bits per heavy atom. The van der Waals surface area contributed by atoms with Gasteiger partial charge in [0.1, 0.15) is 6.04 Å². The molecule has 31 heavy (non-hydrogen) atoms. The molecule has 4 rings (SSSR count). The number of alkyl halides is 2. The van der Waals surface area contributed by atoms with Gasteiger partial charge >= 0.3 is 6.05 Å². The van der Waals surface area contributed by atoms with E-state index in [1.54, 1.807) is 24.3 Å². The number of nitrogens with zero attached hydrogens (tertiary/aromatic N) is 3. The minimum absolute atomic E-state index is 0.0722. The summed E-state index contributed by atoms with van der Waals surface area (Å²) >= 11 is 0. The lowest BCUT2D eigenvalue weighted by atomic mass is 10.0. The summed E-state index contributed by atoms with van der Waals surface area (Å²) in [6.07, 6.45) is 10.3. The number of hydrogen-bond donors (Lipinski definition) is 0. The van der Waals surface area contributed by atoms with E-state index in [1.807, 2.05) is 0 Å². The highest BCUT2D eigenvalue weighted by Crippen LogP contribution is 2.53. The Morgan fingerprint density at radius 2 is 1.77 bits per heavy atom. The first-order valence-corrected chi connectivity index (χ1v) is 12.2. The number of likely N-dealkylation sites (tertiary alicyclic amines) is 1. The molecule has 172 valence electrons. The van der Waals surface area contributed by atoms with Gasteiger partial charge < -0.3 is 9.80 Å². The molecule has 1 amide bonds. The third kappa shape index (κ3) is 5.11. The number of unbranched alkanes of at least 4 members (excludes halogenated alkanes) is 1. The van der Waals surface area contributed by atoms with Crippen molar-refractivity contribution in [2.24, 2.45) is 0 Å². The molecule has 0 spiro atoms. The summed E-state index contributed by atoms with van der Waals surface area (Å²) in [5, 5.41) is 0. The Morgan fingerprint density at radius 3 is 2.32 bits per heavy atom. The maximum Gasteiger partial charge on any atom is 0.325 e. The topological polar surface area (TPSA) is 26.6 Å². The van der Waals surface area contributed by atoms with Crippen LogP contribution in [0.2, 0.25) is 0 Å². The third-order valence-corrected chi connectivity index (χ3v) is 7.24. The second-order valence-corrected chi connectivity index (χ2v) is 9.65. The molecule has 4 nitrogen and oxygen atoms in total. The summed E-state index contributed by atoms with van der Waals surface area (Å²) in [5.41, 5.74) is 1.20. The predicted octanol–water partition coefficient (Wildman–Crippen LogP) is 5.31. The average molecular weight is 434 g/mol. The van der Waals surface area contributed by atoms with E-state index in [2.05, 4.69) is 16.7 Å². The van der Waals surface area contributed by atoms with Crippen LogP contribution in [0.3, 0.4) is 0 Å². The van der Waals surface area contributed by atoms with E-state index in [0.29, 0.717) is 17.2 Å². The summed E-state index contributed by atoms with van der Waals surface area (Å²) in [5.74, 6) is 0.0722. The summed E-state index contributed by atoms with van der Waals surface area (Å²) in [6.45, 7) is 5.85. The van der Waals surface area contributed by atoms with Crippen molar-refractivity contribution in [3.63, 3.8) is 0 Å². The summed E-state index contributed by atoms with van der Waals surface area (Å²) in [4.78, 5) is 19.2. The lowest BCUT2D eigenvalue weighted by Crippen LogP contribution is -2.42. The van der Waals surface area contributed by atoms with Gasteiger partial charge in [-0.25, -0.2) is 4.90 Å². The average Bonchev–Trinajstić information content (AvgIpc) is 3.59. The highest BCUT2D eigenvalue weighted by atomic mass is 19.3. The molecular formula is C25H37F2N3O. The van der Waals surface area contributed by atoms with E-state index in [1.165, 1.54) is 45.9 Å². The van der Waals surface area contributed by atoms with E-state index < -0.39 is 12.1 Å². The van der Waals surface area contributed by atoms with Gasteiger partial charge in [0, 0.05) is 17.6 Å². The largest absolute Gasteiger partial charge is 0.333 e. The van der Waals surface area contributed by atoms with Crippen LogP contribution in [0.25, 0.3) is 0 Å². The molecule has 0 radical (unpaired) electrons. The maximum atomic E-state index is 13.7. The second kappa shape index (κ2) is 9.53. The minimum atomic E-state index is -2.77. The van der Waals surface area contributed by atoms with Crippen molar-refractivity contribution in [2.45, 2.75) is 88.9 Å². The van der Waals surface area contributed by atoms with Crippen molar-refractivity contribution in [1.82, 2.24) is 14.7 Å². The molecule has 2 heterocycles. The fourth-order valence-electron chi connectivity index (χ4n) is 5.20. The molecule has 3 atom stereocenters. The number of benzene rings is 1. The van der Waals surface area contributed by atoms with E-state index in [4.69, 9.17) is 0 Å². The van der Waals surface area contributed by atoms with Gasteiger partial charge in [-0.05, 0) is 89.3 Å². The van der Waals surface area contributed by atoms with Gasteiger partial charge in [0.25, 0.3) is 5.91 Å². The first-order chi connectivity index (χ1) is 14.9. The van der Waals surface area contributed by atoms with Crippen molar-refractivity contribution in [2.75, 3.05) is 26.7 Å². The maximum absolute atomic E-state index is 13.7. The second-order valence-electron chi connectivity index (χ2n) is 9.65. The van der Waals surface area contributed by atoms with Crippen LogP contribution in [0.5, 0.6) is 0 Å². The first-order valence-electron chi connectivity index (χ1n) is 12.2. The molecule has 0 bridgehead atoms. The number of carbonyl (C=O) groups is 1. The van der Waals surface area contributed by atoms with Crippen molar-refractivity contribution >= 4 is 5.91 Å². The normalized spacial score (nSPS) is 26.1. The third-order valence-electron chi connectivity index (χ3n) is 7.24. The molecule has 0 N–H and O–H groups in total. The zero-order valence-electron chi connectivity index (χ0n) is 19.0. The Hall–Kier alpha value is -1.53. The van der Waals surface area contributed by atoms with E-state index in [9.17, 15) is 13.6 Å². The highest BCUT2D eigenvalue weighted by Gasteiger charge is 2.64. The number of halogens is 2. The van der Waals surface area contributed by atoms with Gasteiger partial charge in [0.05, 0.1) is 0 Å². The first kappa shape index (κ1) is 22.7. The fraction of sp³-hybridized carbons (Fsp3) is 0.720. The summed E-state index contributed by atoms with van der Waals surface area (Å²) in [7, 11) is 1.43. The molecule has 1 saturated carbocycles. The van der Waals surface area contributed by atoms with Gasteiger partial charge in [-0.3, -0.25) is 4.79 Å². The molecule has 6 heteroatoms. The van der Waals surface area contributed by atoms with Crippen molar-refractivity contribution in [3.05, 3.63) is 35.4 Å². The molecule has 0 aromatic heterocycles. The van der Waals surface area contributed by atoms with Crippen LogP contribution in [0.15, 0.2) is 24.3 Å². The monoisotopic (exact) mass is 433 g/mol. The fourth-order valence-corrected chi connectivity index (χ4v) is 5.20. The molecule has 1 aromatic carbocycles. The van der Waals surface area contributed by atoms with Gasteiger partial charge in [-0.1, -0.05) is 31.9 Å². The predicted molar refractivity (Wildman–Crippen MR) is 119 cm³/mol. The smallest absolute Gasteiger partial charge is 0.325 e. The molecule has 3 aliphatic rings. The zero-order chi connectivity index (χ0) is 22.0. The Balaban J connectivity index is 1.38. The highest BCUT2D eigenvalue weighted by molar-refractivity contribution is 5.95. The van der Waals surface area contributed by atoms with Gasteiger partial charge in [0.2, 0.25) is 0 Å². The Labute approximate surface area is 185 Å². The van der Waals surface area contributed by atoms with Gasteiger partial charge in [-0.15, -0.1) is 0 Å². The van der Waals surface area contributed by atoms with Crippen LogP contribution in [-0.2, 0) is 0 Å². The zero-order valence-corrected chi connectivity index (χ0v) is 19.0. The molecule has 1 aromatic rings. The van der Waals surface area contributed by atoms with Crippen molar-refractivity contribution in [3.8, 4) is 0 Å². The molecule has 2 aliphatic heterocycles. The van der Waals surface area contributed by atoms with Crippen LogP contribution < -0.4 is 0 Å². The van der Waals surface area contributed by atoms with Crippen molar-refractivity contribution in [1.29, 1.82) is 0 Å². The van der Waals surface area contributed by atoms with Crippen LogP contribution in [-0.4, -0.2) is 65.4 Å². The number of amides is 1. The molecule has 3 unspecified atom stereocenters. The van der Waals surface area contributed by atoms with Gasteiger partial charge in [0.15, 0.2) is 0 Å². The summed E-state index contributed by atoms with van der Waals surface area (Å²) < 4.78 is 27.3. The molecule has 2 saturated heterocycles. The standard InChI is InChI=1S/C25H37F2N3O/c1-3-8-21(9-4-5-16-29-17-6-7-18-29)30(22-14-15-22)24(31)20-12-10-19(11-13-20)23-25(26,27)28(23)2/h10-13,21-23H,3-9,14-18H2,1-2H3. The molecule has 3 fully saturated rings. The minimum Gasteiger partial charge on any atom is -0.333 e. The quantitative estimate of drug-likeness (QED) is 0.269. The lowest BCUT2D eigenvalue weighted by molar-refractivity contribution is 0.0598. The van der Waals surface area contributed by atoms with Crippen LogP contribution >= 0.6 is 0 Å². The van der Waals surface area contributed by atoms with Crippen molar-refractivity contribution < 1.29 is 13.6 Å². The molecule has 1 aliphatic carbocycles. The number of carbonyl (C=O) groups excluding carboxylic acids is 1. The van der Waals surface area contributed by atoms with Crippen LogP contribution in [0.4, 0.5) is 8.78 Å². The Kier molecular flexibility index (Phi) is 6.97.